The van der Waals surface area contributed by atoms with Crippen LogP contribution in [0.4, 0.5) is 0 Å². The second kappa shape index (κ2) is 8.72. The third kappa shape index (κ3) is 6.21. The zero-order chi connectivity index (χ0) is 14.9. The average Bonchev–Trinajstić information content (AvgIpc) is 2.74. The van der Waals surface area contributed by atoms with Crippen molar-refractivity contribution >= 4 is 17.6 Å². The molecule has 0 radical (unpaired) electrons. The second-order valence-corrected chi connectivity index (χ2v) is 5.70. The summed E-state index contributed by atoms with van der Waals surface area (Å²) < 4.78 is 5.46. The van der Waals surface area contributed by atoms with Crippen molar-refractivity contribution in [3.05, 3.63) is 23.4 Å². The molecule has 2 rings (SSSR count). The van der Waals surface area contributed by atoms with Gasteiger partial charge in [-0.05, 0) is 18.9 Å². The van der Waals surface area contributed by atoms with Gasteiger partial charge in [-0.15, -0.1) is 0 Å². The van der Waals surface area contributed by atoms with Gasteiger partial charge in [-0.2, -0.15) is 0 Å². The number of nitrogens with zero attached hydrogens (tertiary/aromatic N) is 2. The van der Waals surface area contributed by atoms with E-state index in [0.717, 1.165) is 0 Å². The standard InChI is InChI=1S/C15H23ClN4O/c16-12-7-8-14(19-11-12)21-10-9-18-15(17)20-13-5-3-1-2-4-6-13/h7-8,11,13H,1-6,9-10H2,(H3,17,18,20). The maximum atomic E-state index is 5.91. The molecule has 3 N–H and O–H groups in total. The van der Waals surface area contributed by atoms with E-state index in [4.69, 9.17) is 22.1 Å². The van der Waals surface area contributed by atoms with E-state index in [-0.39, 0.29) is 0 Å². The van der Waals surface area contributed by atoms with Gasteiger partial charge in [0.15, 0.2) is 5.96 Å². The molecule has 0 amide bonds. The van der Waals surface area contributed by atoms with Gasteiger partial charge in [0.25, 0.3) is 0 Å². The highest BCUT2D eigenvalue weighted by Crippen LogP contribution is 2.16. The van der Waals surface area contributed by atoms with E-state index in [1.807, 2.05) is 0 Å². The van der Waals surface area contributed by atoms with Crippen LogP contribution in [0.1, 0.15) is 38.5 Å². The quantitative estimate of drug-likeness (QED) is 0.379. The van der Waals surface area contributed by atoms with Crippen molar-refractivity contribution in [3.8, 4) is 5.88 Å². The molecule has 1 aliphatic carbocycles. The number of guanidine groups is 1. The van der Waals surface area contributed by atoms with E-state index in [9.17, 15) is 0 Å². The Morgan fingerprint density at radius 3 is 2.76 bits per heavy atom. The van der Waals surface area contributed by atoms with Gasteiger partial charge in [0.05, 0.1) is 11.6 Å². The van der Waals surface area contributed by atoms with Crippen LogP contribution in [-0.4, -0.2) is 30.1 Å². The Balaban J connectivity index is 1.66. The van der Waals surface area contributed by atoms with Gasteiger partial charge in [-0.25, -0.2) is 9.98 Å². The molecule has 1 saturated carbocycles. The van der Waals surface area contributed by atoms with Crippen molar-refractivity contribution in [2.75, 3.05) is 13.2 Å². The van der Waals surface area contributed by atoms with Crippen molar-refractivity contribution in [1.82, 2.24) is 10.3 Å². The van der Waals surface area contributed by atoms with Gasteiger partial charge in [-0.3, -0.25) is 0 Å². The van der Waals surface area contributed by atoms with Crippen LogP contribution in [0.25, 0.3) is 0 Å². The first-order valence-corrected chi connectivity index (χ1v) is 7.92. The zero-order valence-corrected chi connectivity index (χ0v) is 13.0. The fraction of sp³-hybridized carbons (Fsp3) is 0.600. The number of aromatic nitrogens is 1. The van der Waals surface area contributed by atoms with Gasteiger partial charge in [0.1, 0.15) is 6.61 Å². The molecule has 0 aliphatic heterocycles. The van der Waals surface area contributed by atoms with Gasteiger partial charge in [0, 0.05) is 18.3 Å². The van der Waals surface area contributed by atoms with Crippen LogP contribution in [0.5, 0.6) is 5.88 Å². The van der Waals surface area contributed by atoms with Crippen LogP contribution in [0.15, 0.2) is 23.3 Å². The predicted octanol–water partition coefficient (Wildman–Crippen LogP) is 2.74. The lowest BCUT2D eigenvalue weighted by atomic mass is 10.1. The summed E-state index contributed by atoms with van der Waals surface area (Å²) in [6.45, 7) is 0.956. The van der Waals surface area contributed by atoms with Crippen LogP contribution in [0, 0.1) is 0 Å². The molecule has 0 unspecified atom stereocenters. The minimum Gasteiger partial charge on any atom is -0.476 e. The number of aliphatic imine (C=N–C) groups is 1. The van der Waals surface area contributed by atoms with Gasteiger partial charge in [0.2, 0.25) is 5.88 Å². The lowest BCUT2D eigenvalue weighted by Gasteiger charge is -2.16. The monoisotopic (exact) mass is 310 g/mol. The number of pyridine rings is 1. The third-order valence-corrected chi connectivity index (χ3v) is 3.75. The third-order valence-electron chi connectivity index (χ3n) is 3.53. The minimum atomic E-state index is 0.446. The number of halogens is 1. The lowest BCUT2D eigenvalue weighted by Crippen LogP contribution is -2.40. The average molecular weight is 311 g/mol. The Morgan fingerprint density at radius 1 is 1.33 bits per heavy atom. The van der Waals surface area contributed by atoms with Crippen molar-refractivity contribution < 1.29 is 4.74 Å². The maximum Gasteiger partial charge on any atom is 0.213 e. The molecule has 1 aromatic heterocycles. The van der Waals surface area contributed by atoms with Crippen molar-refractivity contribution in [3.63, 3.8) is 0 Å². The Morgan fingerprint density at radius 2 is 2.10 bits per heavy atom. The number of hydrogen-bond acceptors (Lipinski definition) is 3. The summed E-state index contributed by atoms with van der Waals surface area (Å²) in [6.07, 6.45) is 9.13. The molecule has 0 saturated heterocycles. The largest absolute Gasteiger partial charge is 0.476 e. The van der Waals surface area contributed by atoms with E-state index in [0.29, 0.717) is 36.1 Å². The highest BCUT2D eigenvalue weighted by Gasteiger charge is 2.11. The second-order valence-electron chi connectivity index (χ2n) is 5.26. The summed E-state index contributed by atoms with van der Waals surface area (Å²) >= 11 is 5.75. The molecule has 21 heavy (non-hydrogen) atoms. The van der Waals surface area contributed by atoms with Gasteiger partial charge < -0.3 is 15.8 Å². The smallest absolute Gasteiger partial charge is 0.213 e. The van der Waals surface area contributed by atoms with Crippen molar-refractivity contribution in [1.29, 1.82) is 0 Å². The van der Waals surface area contributed by atoms with E-state index in [2.05, 4.69) is 15.3 Å². The van der Waals surface area contributed by atoms with E-state index < -0.39 is 0 Å². The van der Waals surface area contributed by atoms with Crippen LogP contribution < -0.4 is 15.8 Å². The molecular weight excluding hydrogens is 288 g/mol. The highest BCUT2D eigenvalue weighted by atomic mass is 35.5. The first kappa shape index (κ1) is 15.9. The number of ether oxygens (including phenoxy) is 1. The summed E-state index contributed by atoms with van der Waals surface area (Å²) in [7, 11) is 0. The summed E-state index contributed by atoms with van der Waals surface area (Å²) in [6, 6.07) is 3.95. The molecule has 6 heteroatoms. The van der Waals surface area contributed by atoms with Crippen molar-refractivity contribution in [2.45, 2.75) is 44.6 Å². The van der Waals surface area contributed by atoms with Crippen LogP contribution >= 0.6 is 11.6 Å². The number of hydrogen-bond donors (Lipinski definition) is 2. The van der Waals surface area contributed by atoms with Crippen molar-refractivity contribution in [2.24, 2.45) is 10.7 Å². The number of nitrogens with one attached hydrogen (secondary N) is 1. The Labute approximate surface area is 130 Å². The minimum absolute atomic E-state index is 0.446. The summed E-state index contributed by atoms with van der Waals surface area (Å²) in [5.41, 5.74) is 5.91. The first-order chi connectivity index (χ1) is 10.2. The molecule has 0 spiro atoms. The van der Waals surface area contributed by atoms with Gasteiger partial charge >= 0.3 is 0 Å². The predicted molar refractivity (Wildman–Crippen MR) is 85.9 cm³/mol. The van der Waals surface area contributed by atoms with Crippen LogP contribution in [0.3, 0.4) is 0 Å². The maximum absolute atomic E-state index is 5.91. The highest BCUT2D eigenvalue weighted by molar-refractivity contribution is 6.30. The molecular formula is C15H23ClN4O. The summed E-state index contributed by atoms with van der Waals surface area (Å²) in [5.74, 6) is 1.06. The van der Waals surface area contributed by atoms with Crippen LogP contribution in [0.2, 0.25) is 5.02 Å². The molecule has 0 atom stereocenters. The molecule has 116 valence electrons. The Hall–Kier alpha value is -1.49. The van der Waals surface area contributed by atoms with E-state index in [1.54, 1.807) is 18.3 Å². The molecule has 1 aromatic rings. The molecule has 1 aliphatic rings. The SMILES string of the molecule is NC(=NCCOc1ccc(Cl)cn1)NC1CCCCCC1. The number of rotatable bonds is 5. The lowest BCUT2D eigenvalue weighted by molar-refractivity contribution is 0.316. The molecule has 5 nitrogen and oxygen atoms in total. The topological polar surface area (TPSA) is 72.5 Å². The van der Waals surface area contributed by atoms with Gasteiger partial charge in [-0.1, -0.05) is 37.3 Å². The fourth-order valence-corrected chi connectivity index (χ4v) is 2.55. The van der Waals surface area contributed by atoms with E-state index >= 15 is 0 Å². The molecule has 0 aromatic carbocycles. The van der Waals surface area contributed by atoms with Crippen LogP contribution in [-0.2, 0) is 0 Å². The Kier molecular flexibility index (Phi) is 6.60. The first-order valence-electron chi connectivity index (χ1n) is 7.55. The fourth-order valence-electron chi connectivity index (χ4n) is 2.44. The molecule has 1 fully saturated rings. The Bertz CT molecular complexity index is 441. The normalized spacial score (nSPS) is 17.3. The summed E-state index contributed by atoms with van der Waals surface area (Å²) in [4.78, 5) is 8.34. The molecule has 1 heterocycles. The van der Waals surface area contributed by atoms with E-state index in [1.165, 1.54) is 38.5 Å². The molecule has 0 bridgehead atoms. The zero-order valence-electron chi connectivity index (χ0n) is 12.2. The number of nitrogens with two attached hydrogens (primary N) is 1. The summed E-state index contributed by atoms with van der Waals surface area (Å²) in [5, 5.41) is 3.90.